The molecule has 1 aromatic carbocycles. The van der Waals surface area contributed by atoms with Crippen molar-refractivity contribution in [3.63, 3.8) is 0 Å². The molecule has 0 aliphatic carbocycles. The molecule has 1 atom stereocenters. The van der Waals surface area contributed by atoms with Crippen LogP contribution in [0, 0.1) is 0 Å². The molecule has 0 amide bonds. The summed E-state index contributed by atoms with van der Waals surface area (Å²) in [6.45, 7) is 0.0684. The summed E-state index contributed by atoms with van der Waals surface area (Å²) >= 11 is 0. The lowest BCUT2D eigenvalue weighted by Gasteiger charge is -2.14. The third-order valence-electron chi connectivity index (χ3n) is 2.01. The lowest BCUT2D eigenvalue weighted by Crippen LogP contribution is -2.21. The molecule has 2 rings (SSSR count). The molecule has 0 radical (unpaired) electrons. The van der Waals surface area contributed by atoms with Crippen LogP contribution in [0.3, 0.4) is 0 Å². The molecule has 1 unspecified atom stereocenters. The van der Waals surface area contributed by atoms with Crippen LogP contribution in [-0.2, 0) is 15.9 Å². The van der Waals surface area contributed by atoms with Gasteiger partial charge in [-0.3, -0.25) is 0 Å². The standard InChI is InChI=1S/C10H12O3/c1-11-10-12-7-6-8-4-2-3-5-9(8)13-10/h2-5,10H,6-7H2,1H3. The summed E-state index contributed by atoms with van der Waals surface area (Å²) in [5, 5.41) is 0. The van der Waals surface area contributed by atoms with Gasteiger partial charge >= 0.3 is 6.48 Å². The summed E-state index contributed by atoms with van der Waals surface area (Å²) in [7, 11) is 1.57. The Bertz CT molecular complexity index is 285. The fourth-order valence-corrected chi connectivity index (χ4v) is 1.34. The third kappa shape index (κ3) is 1.82. The van der Waals surface area contributed by atoms with Crippen molar-refractivity contribution in [2.24, 2.45) is 0 Å². The average molecular weight is 180 g/mol. The first-order valence-electron chi connectivity index (χ1n) is 4.29. The van der Waals surface area contributed by atoms with Gasteiger partial charge in [0.25, 0.3) is 0 Å². The number of ether oxygens (including phenoxy) is 3. The normalized spacial score (nSPS) is 21.5. The molecule has 13 heavy (non-hydrogen) atoms. The van der Waals surface area contributed by atoms with E-state index in [9.17, 15) is 0 Å². The summed E-state index contributed by atoms with van der Waals surface area (Å²) in [6.07, 6.45) is 0.871. The molecule has 0 saturated heterocycles. The van der Waals surface area contributed by atoms with Gasteiger partial charge in [-0.05, 0) is 18.1 Å². The smallest absolute Gasteiger partial charge is 0.315 e. The van der Waals surface area contributed by atoms with Crippen molar-refractivity contribution in [2.75, 3.05) is 13.7 Å². The minimum absolute atomic E-state index is 0.566. The van der Waals surface area contributed by atoms with E-state index in [4.69, 9.17) is 14.2 Å². The molecule has 1 heterocycles. The predicted molar refractivity (Wildman–Crippen MR) is 47.5 cm³/mol. The Morgan fingerprint density at radius 1 is 1.38 bits per heavy atom. The average Bonchev–Trinajstić information content (AvgIpc) is 2.38. The molecule has 0 fully saturated rings. The van der Waals surface area contributed by atoms with E-state index in [1.807, 2.05) is 24.3 Å². The lowest BCUT2D eigenvalue weighted by atomic mass is 10.1. The number of fused-ring (bicyclic) bond motifs is 1. The summed E-state index contributed by atoms with van der Waals surface area (Å²) in [5.74, 6) is 0.854. The zero-order chi connectivity index (χ0) is 9.10. The maximum Gasteiger partial charge on any atom is 0.315 e. The van der Waals surface area contributed by atoms with E-state index < -0.39 is 6.48 Å². The van der Waals surface area contributed by atoms with E-state index in [0.29, 0.717) is 6.61 Å². The SMILES string of the molecule is COC1OCCc2ccccc2O1. The Morgan fingerprint density at radius 3 is 3.08 bits per heavy atom. The molecule has 0 spiro atoms. The molecule has 0 N–H and O–H groups in total. The van der Waals surface area contributed by atoms with Crippen LogP contribution in [0.4, 0.5) is 0 Å². The molecular weight excluding hydrogens is 168 g/mol. The highest BCUT2D eigenvalue weighted by Gasteiger charge is 2.16. The Morgan fingerprint density at radius 2 is 2.23 bits per heavy atom. The van der Waals surface area contributed by atoms with Crippen LogP contribution in [-0.4, -0.2) is 20.2 Å². The first-order chi connectivity index (χ1) is 6.40. The van der Waals surface area contributed by atoms with Gasteiger partial charge in [0.2, 0.25) is 0 Å². The van der Waals surface area contributed by atoms with Gasteiger partial charge in [-0.25, -0.2) is 0 Å². The van der Waals surface area contributed by atoms with E-state index >= 15 is 0 Å². The highest BCUT2D eigenvalue weighted by molar-refractivity contribution is 5.33. The van der Waals surface area contributed by atoms with Gasteiger partial charge in [-0.1, -0.05) is 18.2 Å². The fraction of sp³-hybridized carbons (Fsp3) is 0.400. The van der Waals surface area contributed by atoms with Gasteiger partial charge in [0.15, 0.2) is 0 Å². The second kappa shape index (κ2) is 3.77. The summed E-state index contributed by atoms with van der Waals surface area (Å²) in [6, 6.07) is 7.90. The van der Waals surface area contributed by atoms with Crippen molar-refractivity contribution >= 4 is 0 Å². The number of benzene rings is 1. The van der Waals surface area contributed by atoms with Crippen LogP contribution in [0.25, 0.3) is 0 Å². The number of hydrogen-bond acceptors (Lipinski definition) is 3. The Hall–Kier alpha value is -1.06. The van der Waals surface area contributed by atoms with Crippen LogP contribution < -0.4 is 4.74 Å². The fourth-order valence-electron chi connectivity index (χ4n) is 1.34. The van der Waals surface area contributed by atoms with E-state index in [1.165, 1.54) is 5.56 Å². The van der Waals surface area contributed by atoms with Crippen LogP contribution in [0.1, 0.15) is 5.56 Å². The van der Waals surface area contributed by atoms with Crippen LogP contribution in [0.2, 0.25) is 0 Å². The summed E-state index contributed by atoms with van der Waals surface area (Å²) in [4.78, 5) is 0. The summed E-state index contributed by atoms with van der Waals surface area (Å²) < 4.78 is 15.7. The first-order valence-corrected chi connectivity index (χ1v) is 4.29. The van der Waals surface area contributed by atoms with Crippen molar-refractivity contribution in [3.8, 4) is 5.75 Å². The van der Waals surface area contributed by atoms with Gasteiger partial charge < -0.3 is 14.2 Å². The zero-order valence-corrected chi connectivity index (χ0v) is 7.53. The second-order valence-corrected chi connectivity index (χ2v) is 2.87. The zero-order valence-electron chi connectivity index (χ0n) is 7.53. The van der Waals surface area contributed by atoms with Gasteiger partial charge in [-0.15, -0.1) is 0 Å². The number of hydrogen-bond donors (Lipinski definition) is 0. The van der Waals surface area contributed by atoms with E-state index in [2.05, 4.69) is 0 Å². The number of rotatable bonds is 1. The highest BCUT2D eigenvalue weighted by Crippen LogP contribution is 2.23. The third-order valence-corrected chi connectivity index (χ3v) is 2.01. The van der Waals surface area contributed by atoms with E-state index in [-0.39, 0.29) is 0 Å². The monoisotopic (exact) mass is 180 g/mol. The minimum atomic E-state index is -0.566. The van der Waals surface area contributed by atoms with Gasteiger partial charge in [0.05, 0.1) is 6.61 Å². The molecule has 70 valence electrons. The second-order valence-electron chi connectivity index (χ2n) is 2.87. The minimum Gasteiger partial charge on any atom is -0.441 e. The van der Waals surface area contributed by atoms with Crippen molar-refractivity contribution in [3.05, 3.63) is 29.8 Å². The van der Waals surface area contributed by atoms with Gasteiger partial charge in [0, 0.05) is 7.11 Å². The molecule has 3 heteroatoms. The lowest BCUT2D eigenvalue weighted by molar-refractivity contribution is -0.228. The Balaban J connectivity index is 2.23. The van der Waals surface area contributed by atoms with Crippen molar-refractivity contribution < 1.29 is 14.2 Å². The predicted octanol–water partition coefficient (Wildman–Crippen LogP) is 1.57. The van der Waals surface area contributed by atoms with Crippen LogP contribution in [0.15, 0.2) is 24.3 Å². The Kier molecular flexibility index (Phi) is 2.47. The van der Waals surface area contributed by atoms with Crippen molar-refractivity contribution in [1.82, 2.24) is 0 Å². The van der Waals surface area contributed by atoms with Crippen LogP contribution in [0.5, 0.6) is 5.75 Å². The van der Waals surface area contributed by atoms with E-state index in [0.717, 1.165) is 12.2 Å². The first kappa shape index (κ1) is 8.53. The topological polar surface area (TPSA) is 27.7 Å². The van der Waals surface area contributed by atoms with E-state index in [1.54, 1.807) is 7.11 Å². The van der Waals surface area contributed by atoms with Gasteiger partial charge in [-0.2, -0.15) is 0 Å². The molecule has 3 nitrogen and oxygen atoms in total. The molecule has 1 aromatic rings. The maximum atomic E-state index is 5.46. The molecule has 0 saturated carbocycles. The molecule has 0 bridgehead atoms. The van der Waals surface area contributed by atoms with Crippen molar-refractivity contribution in [1.29, 1.82) is 0 Å². The quantitative estimate of drug-likeness (QED) is 0.656. The molecule has 0 aromatic heterocycles. The Labute approximate surface area is 77.2 Å². The number of para-hydroxylation sites is 1. The number of methoxy groups -OCH3 is 1. The highest BCUT2D eigenvalue weighted by atomic mass is 16.8. The molecule has 1 aliphatic rings. The largest absolute Gasteiger partial charge is 0.441 e. The molecule has 1 aliphatic heterocycles. The van der Waals surface area contributed by atoms with Gasteiger partial charge in [0.1, 0.15) is 5.75 Å². The summed E-state index contributed by atoms with van der Waals surface area (Å²) in [5.41, 5.74) is 1.17. The maximum absolute atomic E-state index is 5.46. The van der Waals surface area contributed by atoms with Crippen LogP contribution >= 0.6 is 0 Å². The van der Waals surface area contributed by atoms with Crippen molar-refractivity contribution in [2.45, 2.75) is 12.9 Å². The molecular formula is C10H12O3.